The standard InChI is InChI=1S/C11H14O2/c1-7(2)11(12)13-10-6-8-3-4-9(10)5-8/h8-10H,3-6H2,1H3. The Morgan fingerprint density at radius 1 is 1.38 bits per heavy atom. The molecule has 2 fully saturated rings. The van der Waals surface area contributed by atoms with Crippen LogP contribution in [0.1, 0.15) is 32.6 Å². The zero-order valence-corrected chi connectivity index (χ0v) is 7.88. The van der Waals surface area contributed by atoms with Crippen molar-refractivity contribution >= 4 is 5.97 Å². The summed E-state index contributed by atoms with van der Waals surface area (Å²) in [5.41, 5.74) is 0.0165. The van der Waals surface area contributed by atoms with Gasteiger partial charge in [-0.2, -0.15) is 0 Å². The molecule has 3 unspecified atom stereocenters. The first-order chi connectivity index (χ1) is 6.16. The van der Waals surface area contributed by atoms with Crippen molar-refractivity contribution in [2.75, 3.05) is 0 Å². The Balaban J connectivity index is 1.90. The van der Waals surface area contributed by atoms with Gasteiger partial charge in [0.25, 0.3) is 0 Å². The van der Waals surface area contributed by atoms with Gasteiger partial charge in [-0.15, -0.1) is 0 Å². The summed E-state index contributed by atoms with van der Waals surface area (Å²) in [5, 5.41) is 0. The third kappa shape index (κ3) is 1.62. The zero-order valence-electron chi connectivity index (χ0n) is 7.88. The highest BCUT2D eigenvalue weighted by Crippen LogP contribution is 2.45. The molecular weight excluding hydrogens is 164 g/mol. The topological polar surface area (TPSA) is 26.3 Å². The van der Waals surface area contributed by atoms with E-state index in [1.807, 2.05) is 0 Å². The fraction of sp³-hybridized carbons (Fsp3) is 0.727. The van der Waals surface area contributed by atoms with Gasteiger partial charge in [-0.3, -0.25) is 0 Å². The molecule has 0 aromatic heterocycles. The van der Waals surface area contributed by atoms with E-state index < -0.39 is 5.97 Å². The van der Waals surface area contributed by atoms with Gasteiger partial charge in [-0.25, -0.2) is 4.79 Å². The summed E-state index contributed by atoms with van der Waals surface area (Å²) in [6, 6.07) is 0. The van der Waals surface area contributed by atoms with E-state index in [1.165, 1.54) is 26.2 Å². The molecule has 0 N–H and O–H groups in total. The average molecular weight is 178 g/mol. The molecular formula is C11H14O2. The second kappa shape index (κ2) is 3.17. The third-order valence-electron chi connectivity index (χ3n) is 3.24. The first kappa shape index (κ1) is 8.79. The van der Waals surface area contributed by atoms with E-state index in [-0.39, 0.29) is 11.7 Å². The second-order valence-electron chi connectivity index (χ2n) is 4.24. The van der Waals surface area contributed by atoms with Crippen molar-refractivity contribution in [1.29, 1.82) is 0 Å². The number of esters is 1. The van der Waals surface area contributed by atoms with Crippen LogP contribution in [0.5, 0.6) is 0 Å². The number of rotatable bonds is 2. The van der Waals surface area contributed by atoms with Gasteiger partial charge >= 0.3 is 5.97 Å². The second-order valence-corrected chi connectivity index (χ2v) is 4.24. The summed E-state index contributed by atoms with van der Waals surface area (Å²) in [5.74, 6) is 0.944. The molecule has 3 atom stereocenters. The molecule has 13 heavy (non-hydrogen) atoms. The lowest BCUT2D eigenvalue weighted by molar-refractivity contribution is -0.146. The minimum Gasteiger partial charge on any atom is -0.459 e. The Morgan fingerprint density at radius 2 is 2.15 bits per heavy atom. The highest BCUT2D eigenvalue weighted by atomic mass is 16.5. The number of fused-ring (bicyclic) bond motifs is 2. The number of hydrogen-bond acceptors (Lipinski definition) is 2. The first-order valence-electron chi connectivity index (χ1n) is 4.93. The summed E-state index contributed by atoms with van der Waals surface area (Å²) in [7, 11) is 0. The van der Waals surface area contributed by atoms with E-state index in [0.717, 1.165) is 12.3 Å². The molecule has 2 aliphatic rings. The molecule has 2 heteroatoms. The lowest BCUT2D eigenvalue weighted by Gasteiger charge is -2.21. The maximum absolute atomic E-state index is 11.1. The van der Waals surface area contributed by atoms with Gasteiger partial charge in [0.1, 0.15) is 6.10 Å². The highest BCUT2D eigenvalue weighted by molar-refractivity contribution is 5.86. The first-order valence-corrected chi connectivity index (χ1v) is 4.93. The number of ether oxygens (including phenoxy) is 1. The lowest BCUT2D eigenvalue weighted by atomic mass is 9.98. The van der Waals surface area contributed by atoms with Gasteiger partial charge < -0.3 is 4.74 Å². The van der Waals surface area contributed by atoms with Crippen LogP contribution in [0, 0.1) is 18.4 Å². The molecule has 0 aromatic rings. The summed E-state index contributed by atoms with van der Waals surface area (Å²) in [6.45, 7) is 8.61. The van der Waals surface area contributed by atoms with Crippen LogP contribution in [0.3, 0.4) is 0 Å². The Morgan fingerprint density at radius 3 is 2.62 bits per heavy atom. The lowest BCUT2D eigenvalue weighted by Crippen LogP contribution is -2.24. The van der Waals surface area contributed by atoms with Crippen molar-refractivity contribution in [1.82, 2.24) is 0 Å². The minimum absolute atomic E-state index is 0.0165. The normalized spacial score (nSPS) is 36.2. The predicted octanol–water partition coefficient (Wildman–Crippen LogP) is 1.97. The van der Waals surface area contributed by atoms with Crippen LogP contribution in [-0.2, 0) is 9.53 Å². The van der Waals surface area contributed by atoms with Crippen LogP contribution in [0.2, 0.25) is 0 Å². The van der Waals surface area contributed by atoms with Crippen molar-refractivity contribution in [3.05, 3.63) is 12.2 Å². The summed E-state index contributed by atoms with van der Waals surface area (Å²) in [6.07, 6.45) is 4.90. The molecule has 2 saturated carbocycles. The van der Waals surface area contributed by atoms with Crippen molar-refractivity contribution in [2.24, 2.45) is 11.8 Å². The van der Waals surface area contributed by atoms with Gasteiger partial charge in [-0.1, -0.05) is 0 Å². The van der Waals surface area contributed by atoms with E-state index in [4.69, 9.17) is 11.3 Å². The molecule has 70 valence electrons. The number of hydrogen-bond donors (Lipinski definition) is 0. The van der Waals surface area contributed by atoms with Gasteiger partial charge in [-0.05, 0) is 44.4 Å². The van der Waals surface area contributed by atoms with E-state index in [1.54, 1.807) is 0 Å². The molecule has 0 aromatic carbocycles. The monoisotopic (exact) mass is 178 g/mol. The molecule has 0 saturated heterocycles. The van der Waals surface area contributed by atoms with Crippen LogP contribution >= 0.6 is 0 Å². The SMILES string of the molecule is [C]=C(C)C(=O)OC1CC2CCC1C2. The molecule has 0 aliphatic heterocycles. The van der Waals surface area contributed by atoms with Crippen molar-refractivity contribution in [3.63, 3.8) is 0 Å². The third-order valence-corrected chi connectivity index (χ3v) is 3.24. The van der Waals surface area contributed by atoms with Gasteiger partial charge in [0, 0.05) is 12.2 Å². The molecule has 2 rings (SSSR count). The van der Waals surface area contributed by atoms with Crippen molar-refractivity contribution in [3.8, 4) is 0 Å². The zero-order chi connectivity index (χ0) is 9.42. The predicted molar refractivity (Wildman–Crippen MR) is 47.8 cm³/mol. The molecule has 0 spiro atoms. The molecule has 0 heterocycles. The fourth-order valence-corrected chi connectivity index (χ4v) is 2.56. The quantitative estimate of drug-likeness (QED) is 0.477. The number of carbonyl (C=O) groups is 1. The smallest absolute Gasteiger partial charge is 0.334 e. The van der Waals surface area contributed by atoms with Gasteiger partial charge in [0.15, 0.2) is 0 Å². The Bertz CT molecular complexity index is 244. The molecule has 0 amide bonds. The van der Waals surface area contributed by atoms with Crippen LogP contribution in [0.4, 0.5) is 0 Å². The largest absolute Gasteiger partial charge is 0.459 e. The molecule has 2 aliphatic carbocycles. The van der Waals surface area contributed by atoms with Crippen molar-refractivity contribution in [2.45, 2.75) is 38.7 Å². The summed E-state index contributed by atoms with van der Waals surface area (Å²) in [4.78, 5) is 11.1. The van der Waals surface area contributed by atoms with E-state index in [0.29, 0.717) is 5.92 Å². The summed E-state index contributed by atoms with van der Waals surface area (Å²) < 4.78 is 5.24. The highest BCUT2D eigenvalue weighted by Gasteiger charge is 2.41. The summed E-state index contributed by atoms with van der Waals surface area (Å²) >= 11 is 0. The van der Waals surface area contributed by atoms with Crippen molar-refractivity contribution < 1.29 is 9.53 Å². The van der Waals surface area contributed by atoms with Gasteiger partial charge in [0.05, 0.1) is 0 Å². The molecule has 2 radical (unpaired) electrons. The minimum atomic E-state index is -0.433. The van der Waals surface area contributed by atoms with E-state index in [2.05, 4.69) is 0 Å². The Kier molecular flexibility index (Phi) is 2.14. The Hall–Kier alpha value is -0.790. The molecule has 2 nitrogen and oxygen atoms in total. The van der Waals surface area contributed by atoms with Gasteiger partial charge in [0.2, 0.25) is 0 Å². The maximum atomic E-state index is 11.1. The van der Waals surface area contributed by atoms with Crippen LogP contribution < -0.4 is 0 Å². The fourth-order valence-electron chi connectivity index (χ4n) is 2.56. The Labute approximate surface area is 79.0 Å². The molecule has 2 bridgehead atoms. The number of carbonyl (C=O) groups excluding carboxylic acids is 1. The van der Waals surface area contributed by atoms with E-state index >= 15 is 0 Å². The van der Waals surface area contributed by atoms with Crippen LogP contribution in [0.25, 0.3) is 0 Å². The van der Waals surface area contributed by atoms with Crippen LogP contribution in [0.15, 0.2) is 5.57 Å². The maximum Gasteiger partial charge on any atom is 0.334 e. The van der Waals surface area contributed by atoms with Crippen LogP contribution in [-0.4, -0.2) is 12.1 Å². The van der Waals surface area contributed by atoms with E-state index in [9.17, 15) is 4.79 Å². The average Bonchev–Trinajstić information content (AvgIpc) is 2.64.